The SMILES string of the molecule is CC(C(=O)NCCc1cccs1)N1CCN(Cc2ccccc2)CC1. The molecule has 0 bridgehead atoms. The zero-order chi connectivity index (χ0) is 17.5. The van der Waals surface area contributed by atoms with Gasteiger partial charge in [-0.05, 0) is 30.4 Å². The van der Waals surface area contributed by atoms with Gasteiger partial charge in [0.15, 0.2) is 0 Å². The molecule has 3 rings (SSSR count). The number of benzene rings is 1. The highest BCUT2D eigenvalue weighted by Gasteiger charge is 2.25. The number of carbonyl (C=O) groups excluding carboxylic acids is 1. The Hall–Kier alpha value is -1.69. The molecule has 25 heavy (non-hydrogen) atoms. The van der Waals surface area contributed by atoms with E-state index in [2.05, 4.69) is 63.0 Å². The third-order valence-corrected chi connectivity index (χ3v) is 5.77. The van der Waals surface area contributed by atoms with E-state index < -0.39 is 0 Å². The number of nitrogens with one attached hydrogen (secondary N) is 1. The molecule has 2 heterocycles. The van der Waals surface area contributed by atoms with Crippen LogP contribution in [-0.2, 0) is 17.8 Å². The first-order valence-electron chi connectivity index (χ1n) is 9.03. The molecule has 2 aromatic rings. The Kier molecular flexibility index (Phi) is 6.62. The maximum Gasteiger partial charge on any atom is 0.237 e. The molecule has 0 saturated carbocycles. The Morgan fingerprint density at radius 2 is 1.88 bits per heavy atom. The molecule has 1 unspecified atom stereocenters. The summed E-state index contributed by atoms with van der Waals surface area (Å²) in [5.74, 6) is 0.146. The van der Waals surface area contributed by atoms with E-state index in [1.54, 1.807) is 11.3 Å². The van der Waals surface area contributed by atoms with Crippen LogP contribution in [0.4, 0.5) is 0 Å². The average molecular weight is 358 g/mol. The molecule has 1 aliphatic heterocycles. The second-order valence-corrected chi connectivity index (χ2v) is 7.63. The van der Waals surface area contributed by atoms with Crippen LogP contribution in [0.1, 0.15) is 17.4 Å². The molecular weight excluding hydrogens is 330 g/mol. The van der Waals surface area contributed by atoms with Crippen LogP contribution in [0, 0.1) is 0 Å². The first-order chi connectivity index (χ1) is 12.2. The standard InChI is InChI=1S/C20H27N3OS/c1-17(20(24)21-10-9-19-8-5-15-25-19)23-13-11-22(12-14-23)16-18-6-3-2-4-7-18/h2-8,15,17H,9-14,16H2,1H3,(H,21,24). The molecular formula is C20H27N3OS. The molecule has 1 amide bonds. The number of nitrogens with zero attached hydrogens (tertiary/aromatic N) is 2. The third kappa shape index (κ3) is 5.39. The van der Waals surface area contributed by atoms with Gasteiger partial charge in [-0.1, -0.05) is 36.4 Å². The number of piperazine rings is 1. The van der Waals surface area contributed by atoms with Crippen molar-refractivity contribution in [2.45, 2.75) is 25.9 Å². The lowest BCUT2D eigenvalue weighted by molar-refractivity contribution is -0.126. The van der Waals surface area contributed by atoms with Crippen molar-refractivity contribution in [3.8, 4) is 0 Å². The van der Waals surface area contributed by atoms with Gasteiger partial charge in [-0.2, -0.15) is 0 Å². The lowest BCUT2D eigenvalue weighted by atomic mass is 10.1. The van der Waals surface area contributed by atoms with E-state index >= 15 is 0 Å². The topological polar surface area (TPSA) is 35.6 Å². The quantitative estimate of drug-likeness (QED) is 0.827. The Balaban J connectivity index is 1.38. The summed E-state index contributed by atoms with van der Waals surface area (Å²) < 4.78 is 0. The Bertz CT molecular complexity index is 636. The van der Waals surface area contributed by atoms with Gasteiger partial charge in [0.25, 0.3) is 0 Å². The van der Waals surface area contributed by atoms with E-state index in [9.17, 15) is 4.79 Å². The predicted molar refractivity (Wildman–Crippen MR) is 104 cm³/mol. The van der Waals surface area contributed by atoms with Gasteiger partial charge in [0.1, 0.15) is 0 Å². The maximum atomic E-state index is 12.4. The molecule has 1 aromatic heterocycles. The van der Waals surface area contributed by atoms with Gasteiger partial charge in [0.05, 0.1) is 6.04 Å². The monoisotopic (exact) mass is 357 g/mol. The van der Waals surface area contributed by atoms with Crippen LogP contribution < -0.4 is 5.32 Å². The summed E-state index contributed by atoms with van der Waals surface area (Å²) in [5.41, 5.74) is 1.36. The zero-order valence-corrected chi connectivity index (χ0v) is 15.7. The predicted octanol–water partition coefficient (Wildman–Crippen LogP) is 2.61. The molecule has 1 N–H and O–H groups in total. The lowest BCUT2D eigenvalue weighted by Gasteiger charge is -2.37. The number of hydrogen-bond donors (Lipinski definition) is 1. The van der Waals surface area contributed by atoms with Gasteiger partial charge in [-0.15, -0.1) is 11.3 Å². The number of amides is 1. The van der Waals surface area contributed by atoms with Crippen LogP contribution in [0.25, 0.3) is 0 Å². The molecule has 1 atom stereocenters. The smallest absolute Gasteiger partial charge is 0.237 e. The lowest BCUT2D eigenvalue weighted by Crippen LogP contribution is -2.53. The van der Waals surface area contributed by atoms with E-state index in [1.165, 1.54) is 10.4 Å². The second kappa shape index (κ2) is 9.13. The van der Waals surface area contributed by atoms with Crippen LogP contribution in [-0.4, -0.2) is 54.5 Å². The van der Waals surface area contributed by atoms with Crippen molar-refractivity contribution in [2.24, 2.45) is 0 Å². The zero-order valence-electron chi connectivity index (χ0n) is 14.9. The van der Waals surface area contributed by atoms with Crippen molar-refractivity contribution < 1.29 is 4.79 Å². The minimum absolute atomic E-state index is 0.0535. The highest BCUT2D eigenvalue weighted by molar-refractivity contribution is 7.09. The number of rotatable bonds is 7. The fourth-order valence-electron chi connectivity index (χ4n) is 3.23. The fourth-order valence-corrected chi connectivity index (χ4v) is 3.94. The summed E-state index contributed by atoms with van der Waals surface area (Å²) in [4.78, 5) is 18.5. The summed E-state index contributed by atoms with van der Waals surface area (Å²) in [5, 5.41) is 5.16. The van der Waals surface area contributed by atoms with E-state index in [4.69, 9.17) is 0 Å². The van der Waals surface area contributed by atoms with Gasteiger partial charge in [-0.3, -0.25) is 14.6 Å². The van der Waals surface area contributed by atoms with Gasteiger partial charge in [-0.25, -0.2) is 0 Å². The second-order valence-electron chi connectivity index (χ2n) is 6.59. The molecule has 1 aliphatic rings. The summed E-state index contributed by atoms with van der Waals surface area (Å²) >= 11 is 1.74. The van der Waals surface area contributed by atoms with Crippen molar-refractivity contribution in [3.05, 3.63) is 58.3 Å². The first kappa shape index (κ1) is 18.1. The number of hydrogen-bond acceptors (Lipinski definition) is 4. The molecule has 1 aromatic carbocycles. The fraction of sp³-hybridized carbons (Fsp3) is 0.450. The molecule has 0 aliphatic carbocycles. The maximum absolute atomic E-state index is 12.4. The molecule has 0 spiro atoms. The highest BCUT2D eigenvalue weighted by atomic mass is 32.1. The number of thiophene rings is 1. The summed E-state index contributed by atoms with van der Waals surface area (Å²) in [6, 6.07) is 14.7. The molecule has 134 valence electrons. The minimum atomic E-state index is -0.0535. The van der Waals surface area contributed by atoms with Gasteiger partial charge >= 0.3 is 0 Å². The van der Waals surface area contributed by atoms with Gasteiger partial charge < -0.3 is 5.32 Å². The highest BCUT2D eigenvalue weighted by Crippen LogP contribution is 2.11. The normalized spacial score (nSPS) is 17.3. The Morgan fingerprint density at radius 1 is 1.12 bits per heavy atom. The number of carbonyl (C=O) groups is 1. The summed E-state index contributed by atoms with van der Waals surface area (Å²) in [6.07, 6.45) is 0.918. The Labute approximate surface area is 154 Å². The average Bonchev–Trinajstić information content (AvgIpc) is 3.16. The van der Waals surface area contributed by atoms with Gasteiger partial charge in [0.2, 0.25) is 5.91 Å². The van der Waals surface area contributed by atoms with E-state index in [1.807, 2.05) is 6.92 Å². The van der Waals surface area contributed by atoms with Crippen molar-refractivity contribution in [3.63, 3.8) is 0 Å². The van der Waals surface area contributed by atoms with E-state index in [0.29, 0.717) is 0 Å². The van der Waals surface area contributed by atoms with Crippen molar-refractivity contribution in [1.82, 2.24) is 15.1 Å². The van der Waals surface area contributed by atoms with E-state index in [-0.39, 0.29) is 11.9 Å². The van der Waals surface area contributed by atoms with Crippen molar-refractivity contribution in [1.29, 1.82) is 0 Å². The summed E-state index contributed by atoms with van der Waals surface area (Å²) in [6.45, 7) is 7.67. The third-order valence-electron chi connectivity index (χ3n) is 4.83. The van der Waals surface area contributed by atoms with Crippen LogP contribution >= 0.6 is 11.3 Å². The van der Waals surface area contributed by atoms with Crippen LogP contribution in [0.15, 0.2) is 47.8 Å². The van der Waals surface area contributed by atoms with Crippen molar-refractivity contribution >= 4 is 17.2 Å². The van der Waals surface area contributed by atoms with E-state index in [0.717, 1.165) is 45.7 Å². The largest absolute Gasteiger partial charge is 0.354 e. The van der Waals surface area contributed by atoms with Crippen LogP contribution in [0.5, 0.6) is 0 Å². The van der Waals surface area contributed by atoms with Crippen LogP contribution in [0.3, 0.4) is 0 Å². The Morgan fingerprint density at radius 3 is 2.56 bits per heavy atom. The molecule has 0 radical (unpaired) electrons. The van der Waals surface area contributed by atoms with Crippen molar-refractivity contribution in [2.75, 3.05) is 32.7 Å². The van der Waals surface area contributed by atoms with Crippen LogP contribution in [0.2, 0.25) is 0 Å². The molecule has 1 saturated heterocycles. The minimum Gasteiger partial charge on any atom is -0.354 e. The molecule has 5 heteroatoms. The molecule has 4 nitrogen and oxygen atoms in total. The summed E-state index contributed by atoms with van der Waals surface area (Å²) in [7, 11) is 0. The first-order valence-corrected chi connectivity index (χ1v) is 9.91. The van der Waals surface area contributed by atoms with Gasteiger partial charge in [0, 0.05) is 44.1 Å². The molecule has 1 fully saturated rings.